The van der Waals surface area contributed by atoms with Crippen LogP contribution in [0, 0.1) is 0 Å². The maximum absolute atomic E-state index is 3.54. The van der Waals surface area contributed by atoms with Gasteiger partial charge in [0.05, 0.1) is 8.41 Å². The summed E-state index contributed by atoms with van der Waals surface area (Å²) >= 11 is 0. The van der Waals surface area contributed by atoms with Crippen LogP contribution in [0.15, 0.2) is 25.3 Å². The van der Waals surface area contributed by atoms with Crippen molar-refractivity contribution >= 4 is 33.2 Å². The summed E-state index contributed by atoms with van der Waals surface area (Å²) in [4.78, 5) is 0. The Morgan fingerprint density at radius 1 is 1.00 bits per heavy atom. The van der Waals surface area contributed by atoms with Gasteiger partial charge in [-0.2, -0.15) is 0 Å². The Kier molecular flexibility index (Phi) is 51.6. The number of hydrogen-bond donors (Lipinski definition) is 1. The minimum Gasteiger partial charge on any atom is -0.310 e. The zero-order valence-corrected chi connectivity index (χ0v) is 6.93. The molecule has 0 saturated carbocycles. The largest absolute Gasteiger partial charge is 0.310 e. The molecular weight excluding hydrogens is 168 g/mol. The second-order valence-corrected chi connectivity index (χ2v) is 1.24. The van der Waals surface area contributed by atoms with Gasteiger partial charge in [0.15, 0.2) is 0 Å². The van der Waals surface area contributed by atoms with Gasteiger partial charge in [0.2, 0.25) is 0 Å². The van der Waals surface area contributed by atoms with E-state index >= 15 is 0 Å². The van der Waals surface area contributed by atoms with Gasteiger partial charge in [0, 0.05) is 13.1 Å². The van der Waals surface area contributed by atoms with Gasteiger partial charge >= 0.3 is 0 Å². The zero-order chi connectivity index (χ0) is 5.54. The van der Waals surface area contributed by atoms with Gasteiger partial charge in [-0.3, -0.25) is 0 Å². The Balaban J connectivity index is -0.0000000600. The maximum atomic E-state index is 3.54. The standard InChI is InChI=1S/C6H11N.BH3.2ClH/c1-3-5-7-6-4-2;;;/h3-4,7H,1-2,5-6H2;1H3;2*1H. The molecule has 62 valence electrons. The second-order valence-electron chi connectivity index (χ2n) is 1.24. The summed E-state index contributed by atoms with van der Waals surface area (Å²) in [5.41, 5.74) is 0. The molecule has 0 aromatic heterocycles. The van der Waals surface area contributed by atoms with Crippen LogP contribution < -0.4 is 5.32 Å². The second kappa shape index (κ2) is 23.0. The molecule has 0 heterocycles. The molecule has 0 aliphatic rings. The first-order valence-corrected chi connectivity index (χ1v) is 2.34. The van der Waals surface area contributed by atoms with Gasteiger partial charge < -0.3 is 5.32 Å². The van der Waals surface area contributed by atoms with Crippen LogP contribution in [0.25, 0.3) is 0 Å². The van der Waals surface area contributed by atoms with E-state index in [2.05, 4.69) is 18.5 Å². The lowest BCUT2D eigenvalue weighted by Gasteiger charge is -1.90. The van der Waals surface area contributed by atoms with E-state index in [1.54, 1.807) is 0 Å². The minimum absolute atomic E-state index is 0. The van der Waals surface area contributed by atoms with E-state index in [1.165, 1.54) is 0 Å². The predicted molar refractivity (Wildman–Crippen MR) is 57.7 cm³/mol. The normalized spacial score (nSPS) is 5.60. The fraction of sp³-hybridized carbons (Fsp3) is 0.333. The third-order valence-electron chi connectivity index (χ3n) is 0.577. The molecule has 0 rings (SSSR count). The van der Waals surface area contributed by atoms with Crippen LogP contribution in [0.5, 0.6) is 0 Å². The van der Waals surface area contributed by atoms with Crippen molar-refractivity contribution in [3.63, 3.8) is 0 Å². The first-order chi connectivity index (χ1) is 3.41. The van der Waals surface area contributed by atoms with E-state index in [-0.39, 0.29) is 33.2 Å². The van der Waals surface area contributed by atoms with Gasteiger partial charge in [-0.25, -0.2) is 0 Å². The summed E-state index contributed by atoms with van der Waals surface area (Å²) in [6.45, 7) is 8.81. The smallest absolute Gasteiger partial charge is 0.0814 e. The number of rotatable bonds is 4. The minimum atomic E-state index is 0. The highest BCUT2D eigenvalue weighted by atomic mass is 35.5. The monoisotopic (exact) mass is 183 g/mol. The van der Waals surface area contributed by atoms with Crippen molar-refractivity contribution in [3.8, 4) is 0 Å². The lowest BCUT2D eigenvalue weighted by Crippen LogP contribution is -2.11. The summed E-state index contributed by atoms with van der Waals surface area (Å²) in [6.07, 6.45) is 3.65. The van der Waals surface area contributed by atoms with E-state index in [9.17, 15) is 0 Å². The quantitative estimate of drug-likeness (QED) is 0.383. The maximum Gasteiger partial charge on any atom is 0.0814 e. The Morgan fingerprint density at radius 2 is 1.30 bits per heavy atom. The molecule has 0 aromatic rings. The van der Waals surface area contributed by atoms with E-state index < -0.39 is 0 Å². The molecule has 10 heavy (non-hydrogen) atoms. The van der Waals surface area contributed by atoms with E-state index in [1.807, 2.05) is 12.2 Å². The predicted octanol–water partition coefficient (Wildman–Crippen LogP) is 0.608. The van der Waals surface area contributed by atoms with Crippen molar-refractivity contribution in [2.45, 2.75) is 0 Å². The zero-order valence-electron chi connectivity index (χ0n) is 5.30. The van der Waals surface area contributed by atoms with E-state index in [0.717, 1.165) is 13.1 Å². The SMILES string of the molecule is B.C=CCNCC=C.Cl.Cl. The van der Waals surface area contributed by atoms with Crippen LogP contribution in [0.2, 0.25) is 0 Å². The van der Waals surface area contributed by atoms with Crippen molar-refractivity contribution in [3.05, 3.63) is 25.3 Å². The Bertz CT molecular complexity index is 60.8. The first-order valence-electron chi connectivity index (χ1n) is 2.34. The van der Waals surface area contributed by atoms with Crippen LogP contribution in [0.3, 0.4) is 0 Å². The van der Waals surface area contributed by atoms with Crippen LogP contribution in [-0.2, 0) is 0 Å². The first kappa shape index (κ1) is 22.5. The van der Waals surface area contributed by atoms with Gasteiger partial charge in [-0.15, -0.1) is 38.0 Å². The summed E-state index contributed by atoms with van der Waals surface area (Å²) < 4.78 is 0. The molecule has 0 radical (unpaired) electrons. The van der Waals surface area contributed by atoms with Crippen molar-refractivity contribution in [1.29, 1.82) is 0 Å². The molecule has 0 fully saturated rings. The topological polar surface area (TPSA) is 12.0 Å². The van der Waals surface area contributed by atoms with Crippen molar-refractivity contribution < 1.29 is 0 Å². The molecule has 1 N–H and O–H groups in total. The molecule has 0 atom stereocenters. The molecular formula is C6H16BCl2N. The van der Waals surface area contributed by atoms with Crippen molar-refractivity contribution in [2.24, 2.45) is 0 Å². The fourth-order valence-corrected chi connectivity index (χ4v) is 0.287. The summed E-state index contributed by atoms with van der Waals surface area (Å²) in [6, 6.07) is 0. The average molecular weight is 184 g/mol. The van der Waals surface area contributed by atoms with Crippen molar-refractivity contribution in [1.82, 2.24) is 5.32 Å². The molecule has 0 aromatic carbocycles. The highest BCUT2D eigenvalue weighted by Gasteiger charge is 1.69. The van der Waals surface area contributed by atoms with Crippen LogP contribution in [0.1, 0.15) is 0 Å². The van der Waals surface area contributed by atoms with Gasteiger partial charge in [0.1, 0.15) is 0 Å². The summed E-state index contributed by atoms with van der Waals surface area (Å²) in [5.74, 6) is 0. The Hall–Kier alpha value is 0.0849. The van der Waals surface area contributed by atoms with Crippen LogP contribution in [0.4, 0.5) is 0 Å². The van der Waals surface area contributed by atoms with Gasteiger partial charge in [-0.05, 0) is 0 Å². The lowest BCUT2D eigenvalue weighted by atomic mass is 10.5. The molecule has 1 nitrogen and oxygen atoms in total. The third-order valence-corrected chi connectivity index (χ3v) is 0.577. The van der Waals surface area contributed by atoms with Crippen molar-refractivity contribution in [2.75, 3.05) is 13.1 Å². The Labute approximate surface area is 77.4 Å². The molecule has 0 amide bonds. The van der Waals surface area contributed by atoms with Crippen LogP contribution in [-0.4, -0.2) is 21.5 Å². The summed E-state index contributed by atoms with van der Waals surface area (Å²) in [7, 11) is 0. The average Bonchev–Trinajstić information content (AvgIpc) is 1.69. The molecule has 0 spiro atoms. The molecule has 4 heteroatoms. The lowest BCUT2D eigenvalue weighted by molar-refractivity contribution is 0.845. The van der Waals surface area contributed by atoms with Gasteiger partial charge in [-0.1, -0.05) is 12.2 Å². The molecule has 0 bridgehead atoms. The molecule has 0 aliphatic carbocycles. The molecule has 0 unspecified atom stereocenters. The number of halogens is 2. The van der Waals surface area contributed by atoms with Crippen LogP contribution >= 0.6 is 24.8 Å². The van der Waals surface area contributed by atoms with E-state index in [4.69, 9.17) is 0 Å². The number of nitrogens with one attached hydrogen (secondary N) is 1. The highest BCUT2D eigenvalue weighted by molar-refractivity contribution is 5.85. The summed E-state index contributed by atoms with van der Waals surface area (Å²) in [5, 5.41) is 3.05. The highest BCUT2D eigenvalue weighted by Crippen LogP contribution is 1.59. The fourth-order valence-electron chi connectivity index (χ4n) is 0.287. The Morgan fingerprint density at radius 3 is 1.50 bits per heavy atom. The molecule has 0 aliphatic heterocycles. The van der Waals surface area contributed by atoms with Gasteiger partial charge in [0.25, 0.3) is 0 Å². The number of hydrogen-bond acceptors (Lipinski definition) is 1. The third kappa shape index (κ3) is 24.3. The molecule has 0 saturated heterocycles. The van der Waals surface area contributed by atoms with E-state index in [0.29, 0.717) is 0 Å².